The Morgan fingerprint density at radius 3 is 2.27 bits per heavy atom. The lowest BCUT2D eigenvalue weighted by atomic mass is 9.93. The Balaban J connectivity index is 2.82. The van der Waals surface area contributed by atoms with Crippen LogP contribution in [-0.4, -0.2) is 17.1 Å². The SMILES string of the molecule is CCC(CC)(CN)Nc1nc(C)c(C)s1. The molecule has 1 heterocycles. The van der Waals surface area contributed by atoms with E-state index < -0.39 is 0 Å². The van der Waals surface area contributed by atoms with Crippen molar-refractivity contribution < 1.29 is 0 Å². The Bertz CT molecular complexity index is 288. The first-order valence-corrected chi connectivity index (χ1v) is 6.31. The number of hydrogen-bond acceptors (Lipinski definition) is 4. The number of hydrogen-bond donors (Lipinski definition) is 2. The fourth-order valence-corrected chi connectivity index (χ4v) is 2.45. The molecule has 0 aliphatic rings. The Kier molecular flexibility index (Phi) is 4.11. The molecular formula is C11H21N3S. The predicted octanol–water partition coefficient (Wildman–Crippen LogP) is 2.69. The standard InChI is InChI=1S/C11H21N3S/c1-5-11(6-2,7-12)14-10-13-8(3)9(4)15-10/h5-7,12H2,1-4H3,(H,13,14). The van der Waals surface area contributed by atoms with Gasteiger partial charge in [-0.3, -0.25) is 0 Å². The van der Waals surface area contributed by atoms with Crippen LogP contribution in [0.5, 0.6) is 0 Å². The van der Waals surface area contributed by atoms with Crippen LogP contribution in [0.25, 0.3) is 0 Å². The van der Waals surface area contributed by atoms with Gasteiger partial charge < -0.3 is 11.1 Å². The molecule has 0 unspecified atom stereocenters. The molecule has 0 aliphatic carbocycles. The number of nitrogens with one attached hydrogen (secondary N) is 1. The average Bonchev–Trinajstić information content (AvgIpc) is 2.55. The van der Waals surface area contributed by atoms with E-state index in [-0.39, 0.29) is 5.54 Å². The Morgan fingerprint density at radius 1 is 1.33 bits per heavy atom. The highest BCUT2D eigenvalue weighted by atomic mass is 32.1. The molecule has 86 valence electrons. The summed E-state index contributed by atoms with van der Waals surface area (Å²) < 4.78 is 0. The smallest absolute Gasteiger partial charge is 0.183 e. The van der Waals surface area contributed by atoms with Gasteiger partial charge in [0.1, 0.15) is 0 Å². The number of nitrogens with zero attached hydrogens (tertiary/aromatic N) is 1. The maximum atomic E-state index is 5.84. The Labute approximate surface area is 96.1 Å². The molecular weight excluding hydrogens is 206 g/mol. The van der Waals surface area contributed by atoms with Crippen molar-refractivity contribution in [2.75, 3.05) is 11.9 Å². The summed E-state index contributed by atoms with van der Waals surface area (Å²) in [4.78, 5) is 5.76. The van der Waals surface area contributed by atoms with E-state index in [2.05, 4.69) is 31.1 Å². The van der Waals surface area contributed by atoms with Gasteiger partial charge in [0.25, 0.3) is 0 Å². The van der Waals surface area contributed by atoms with Gasteiger partial charge in [0.15, 0.2) is 5.13 Å². The van der Waals surface area contributed by atoms with Crippen LogP contribution < -0.4 is 11.1 Å². The van der Waals surface area contributed by atoms with Crippen LogP contribution in [0.3, 0.4) is 0 Å². The lowest BCUT2D eigenvalue weighted by Gasteiger charge is -2.31. The first-order chi connectivity index (χ1) is 7.06. The lowest BCUT2D eigenvalue weighted by molar-refractivity contribution is 0.445. The van der Waals surface area contributed by atoms with Gasteiger partial charge >= 0.3 is 0 Å². The van der Waals surface area contributed by atoms with Crippen molar-refractivity contribution in [3.05, 3.63) is 10.6 Å². The zero-order chi connectivity index (χ0) is 11.5. The highest BCUT2D eigenvalue weighted by Crippen LogP contribution is 2.26. The van der Waals surface area contributed by atoms with Gasteiger partial charge in [0, 0.05) is 11.4 Å². The van der Waals surface area contributed by atoms with E-state index in [4.69, 9.17) is 5.73 Å². The van der Waals surface area contributed by atoms with E-state index in [1.807, 2.05) is 6.92 Å². The summed E-state index contributed by atoms with van der Waals surface area (Å²) >= 11 is 1.71. The van der Waals surface area contributed by atoms with E-state index in [1.54, 1.807) is 11.3 Å². The summed E-state index contributed by atoms with van der Waals surface area (Å²) in [5.41, 5.74) is 6.96. The third-order valence-corrected chi connectivity index (χ3v) is 4.13. The third kappa shape index (κ3) is 2.69. The summed E-state index contributed by atoms with van der Waals surface area (Å²) in [6.07, 6.45) is 2.05. The van der Waals surface area contributed by atoms with E-state index in [1.165, 1.54) is 4.88 Å². The molecule has 1 aromatic heterocycles. The normalized spacial score (nSPS) is 11.8. The predicted molar refractivity (Wildman–Crippen MR) is 67.6 cm³/mol. The fourth-order valence-electron chi connectivity index (χ4n) is 1.52. The molecule has 0 spiro atoms. The molecule has 15 heavy (non-hydrogen) atoms. The van der Waals surface area contributed by atoms with Crippen molar-refractivity contribution in [2.45, 2.75) is 46.1 Å². The number of nitrogens with two attached hydrogens (primary N) is 1. The van der Waals surface area contributed by atoms with Crippen molar-refractivity contribution in [1.29, 1.82) is 0 Å². The second-order valence-corrected chi connectivity index (χ2v) is 5.18. The van der Waals surface area contributed by atoms with Gasteiger partial charge in [-0.1, -0.05) is 13.8 Å². The Morgan fingerprint density at radius 2 is 1.93 bits per heavy atom. The van der Waals surface area contributed by atoms with Gasteiger partial charge in [-0.2, -0.15) is 0 Å². The van der Waals surface area contributed by atoms with Crippen LogP contribution >= 0.6 is 11.3 Å². The van der Waals surface area contributed by atoms with E-state index in [9.17, 15) is 0 Å². The topological polar surface area (TPSA) is 50.9 Å². The molecule has 0 atom stereocenters. The lowest BCUT2D eigenvalue weighted by Crippen LogP contribution is -2.44. The van der Waals surface area contributed by atoms with E-state index in [0.717, 1.165) is 23.7 Å². The maximum Gasteiger partial charge on any atom is 0.183 e. The van der Waals surface area contributed by atoms with Crippen LogP contribution in [0.15, 0.2) is 0 Å². The molecule has 0 aliphatic heterocycles. The maximum absolute atomic E-state index is 5.84. The zero-order valence-corrected chi connectivity index (χ0v) is 10.9. The first kappa shape index (κ1) is 12.5. The quantitative estimate of drug-likeness (QED) is 0.813. The third-order valence-electron chi connectivity index (χ3n) is 3.14. The molecule has 0 saturated carbocycles. The van der Waals surface area contributed by atoms with Crippen LogP contribution in [0.1, 0.15) is 37.3 Å². The fraction of sp³-hybridized carbons (Fsp3) is 0.727. The van der Waals surface area contributed by atoms with Crippen molar-refractivity contribution in [3.63, 3.8) is 0 Å². The summed E-state index contributed by atoms with van der Waals surface area (Å²) in [7, 11) is 0. The molecule has 0 bridgehead atoms. The minimum Gasteiger partial charge on any atom is -0.355 e. The molecule has 0 saturated heterocycles. The van der Waals surface area contributed by atoms with Gasteiger partial charge in [0.05, 0.1) is 11.2 Å². The molecule has 1 rings (SSSR count). The molecule has 0 radical (unpaired) electrons. The van der Waals surface area contributed by atoms with Crippen molar-refractivity contribution >= 4 is 16.5 Å². The number of aryl methyl sites for hydroxylation is 2. The molecule has 1 aromatic rings. The summed E-state index contributed by atoms with van der Waals surface area (Å²) in [6.45, 7) is 9.12. The molecule has 0 amide bonds. The summed E-state index contributed by atoms with van der Waals surface area (Å²) in [5.74, 6) is 0. The largest absolute Gasteiger partial charge is 0.355 e. The second kappa shape index (κ2) is 4.94. The van der Waals surface area contributed by atoms with Crippen molar-refractivity contribution in [1.82, 2.24) is 4.98 Å². The Hall–Kier alpha value is -0.610. The number of aromatic nitrogens is 1. The second-order valence-electron chi connectivity index (χ2n) is 3.98. The van der Waals surface area contributed by atoms with E-state index >= 15 is 0 Å². The first-order valence-electron chi connectivity index (χ1n) is 5.49. The summed E-state index contributed by atoms with van der Waals surface area (Å²) in [6, 6.07) is 0. The average molecular weight is 227 g/mol. The van der Waals surface area contributed by atoms with Gasteiger partial charge in [-0.05, 0) is 26.7 Å². The number of thiazole rings is 1. The minimum absolute atomic E-state index is 0.0106. The highest BCUT2D eigenvalue weighted by molar-refractivity contribution is 7.15. The zero-order valence-electron chi connectivity index (χ0n) is 10.1. The van der Waals surface area contributed by atoms with Gasteiger partial charge in [-0.15, -0.1) is 11.3 Å². The van der Waals surface area contributed by atoms with Crippen molar-refractivity contribution in [3.8, 4) is 0 Å². The molecule has 3 N–H and O–H groups in total. The molecule has 0 aromatic carbocycles. The highest BCUT2D eigenvalue weighted by Gasteiger charge is 2.25. The monoisotopic (exact) mass is 227 g/mol. The molecule has 4 heteroatoms. The van der Waals surface area contributed by atoms with E-state index in [0.29, 0.717) is 6.54 Å². The number of anilines is 1. The van der Waals surface area contributed by atoms with Gasteiger partial charge in [0.2, 0.25) is 0 Å². The van der Waals surface area contributed by atoms with Crippen LogP contribution in [0.4, 0.5) is 5.13 Å². The van der Waals surface area contributed by atoms with Crippen LogP contribution in [-0.2, 0) is 0 Å². The van der Waals surface area contributed by atoms with Gasteiger partial charge in [-0.25, -0.2) is 4.98 Å². The molecule has 0 fully saturated rings. The molecule has 3 nitrogen and oxygen atoms in total. The summed E-state index contributed by atoms with van der Waals surface area (Å²) in [5, 5.41) is 4.48. The van der Waals surface area contributed by atoms with Crippen molar-refractivity contribution in [2.24, 2.45) is 5.73 Å². The minimum atomic E-state index is 0.0106. The van der Waals surface area contributed by atoms with Crippen LogP contribution in [0.2, 0.25) is 0 Å². The number of rotatable bonds is 5. The van der Waals surface area contributed by atoms with Crippen LogP contribution in [0, 0.1) is 13.8 Å².